The Balaban J connectivity index is 1.99. The molecule has 0 aromatic heterocycles. The summed E-state index contributed by atoms with van der Waals surface area (Å²) in [5.41, 5.74) is 6.31. The van der Waals surface area contributed by atoms with Crippen LogP contribution in [0, 0.1) is 5.82 Å². The molecular formula is C19H19FN2O5. The Hall–Kier alpha value is -3.42. The van der Waals surface area contributed by atoms with Crippen LogP contribution in [0.15, 0.2) is 54.6 Å². The van der Waals surface area contributed by atoms with Crippen molar-refractivity contribution < 1.29 is 28.2 Å². The Morgan fingerprint density at radius 2 is 1.63 bits per heavy atom. The minimum absolute atomic E-state index is 0.0201. The average Bonchev–Trinajstić information content (AvgIpc) is 2.66. The normalized spacial score (nSPS) is 11.3. The molecule has 0 fully saturated rings. The highest BCUT2D eigenvalue weighted by Gasteiger charge is 2.24. The number of carbonyl (C=O) groups is 3. The second kappa shape index (κ2) is 9.91. The van der Waals surface area contributed by atoms with Crippen molar-refractivity contribution in [2.75, 3.05) is 6.61 Å². The van der Waals surface area contributed by atoms with Gasteiger partial charge in [0.1, 0.15) is 18.5 Å². The number of nitrogens with two attached hydrogens (primary N) is 1. The number of hydrogen-bond acceptors (Lipinski definition) is 5. The number of rotatable bonds is 8. The highest BCUT2D eigenvalue weighted by atomic mass is 19.1. The molecule has 0 radical (unpaired) electrons. The lowest BCUT2D eigenvalue weighted by atomic mass is 10.1. The van der Waals surface area contributed by atoms with Crippen molar-refractivity contribution in [2.45, 2.75) is 19.1 Å². The summed E-state index contributed by atoms with van der Waals surface area (Å²) in [4.78, 5) is 35.0. The maximum absolute atomic E-state index is 13.0. The summed E-state index contributed by atoms with van der Waals surface area (Å²) in [5.74, 6) is -2.10. The number of carbonyl (C=O) groups excluding carboxylic acids is 3. The molecule has 0 saturated heterocycles. The lowest BCUT2D eigenvalue weighted by molar-refractivity contribution is -0.149. The van der Waals surface area contributed by atoms with Gasteiger partial charge in [-0.3, -0.25) is 4.79 Å². The highest BCUT2D eigenvalue weighted by molar-refractivity contribution is 5.84. The van der Waals surface area contributed by atoms with Gasteiger partial charge in [0, 0.05) is 6.42 Å². The van der Waals surface area contributed by atoms with Crippen LogP contribution in [0.2, 0.25) is 0 Å². The molecular weight excluding hydrogens is 355 g/mol. The zero-order valence-electron chi connectivity index (χ0n) is 14.4. The van der Waals surface area contributed by atoms with E-state index in [1.165, 1.54) is 24.3 Å². The fourth-order valence-electron chi connectivity index (χ4n) is 2.20. The molecule has 0 aliphatic heterocycles. The summed E-state index contributed by atoms with van der Waals surface area (Å²) in [6.07, 6.45) is -0.805. The molecule has 0 heterocycles. The van der Waals surface area contributed by atoms with E-state index < -0.39 is 36.4 Å². The molecule has 0 bridgehead atoms. The van der Waals surface area contributed by atoms with E-state index in [0.29, 0.717) is 5.56 Å². The number of esters is 1. The van der Waals surface area contributed by atoms with Gasteiger partial charge in [-0.1, -0.05) is 42.5 Å². The maximum Gasteiger partial charge on any atom is 0.408 e. The first-order valence-electron chi connectivity index (χ1n) is 8.10. The van der Waals surface area contributed by atoms with Crippen LogP contribution < -0.4 is 11.1 Å². The number of halogens is 1. The quantitative estimate of drug-likeness (QED) is 0.684. The number of nitrogens with one attached hydrogen (secondary N) is 1. The first-order valence-corrected chi connectivity index (χ1v) is 8.10. The predicted molar refractivity (Wildman–Crippen MR) is 93.8 cm³/mol. The molecule has 2 aromatic carbocycles. The van der Waals surface area contributed by atoms with Crippen molar-refractivity contribution >= 4 is 18.0 Å². The van der Waals surface area contributed by atoms with E-state index in [2.05, 4.69) is 5.32 Å². The fraction of sp³-hybridized carbons (Fsp3) is 0.211. The molecule has 2 rings (SSSR count). The second-order valence-corrected chi connectivity index (χ2v) is 5.66. The number of alkyl carbamates (subject to hydrolysis) is 1. The van der Waals surface area contributed by atoms with Gasteiger partial charge in [0.15, 0.2) is 6.61 Å². The van der Waals surface area contributed by atoms with Crippen molar-refractivity contribution in [1.82, 2.24) is 5.32 Å². The van der Waals surface area contributed by atoms with Crippen LogP contribution in [0.4, 0.5) is 9.18 Å². The first-order chi connectivity index (χ1) is 12.9. The Morgan fingerprint density at radius 1 is 0.963 bits per heavy atom. The van der Waals surface area contributed by atoms with Crippen molar-refractivity contribution in [3.8, 4) is 0 Å². The van der Waals surface area contributed by atoms with E-state index in [0.717, 1.165) is 5.56 Å². The average molecular weight is 374 g/mol. The van der Waals surface area contributed by atoms with E-state index in [-0.39, 0.29) is 13.0 Å². The molecule has 27 heavy (non-hydrogen) atoms. The van der Waals surface area contributed by atoms with Crippen LogP contribution in [0.1, 0.15) is 11.1 Å². The van der Waals surface area contributed by atoms with Gasteiger partial charge in [-0.05, 0) is 23.3 Å². The smallest absolute Gasteiger partial charge is 0.408 e. The molecule has 1 atom stereocenters. The second-order valence-electron chi connectivity index (χ2n) is 5.66. The molecule has 8 heteroatoms. The Kier molecular flexibility index (Phi) is 7.30. The van der Waals surface area contributed by atoms with Crippen molar-refractivity contribution in [3.05, 3.63) is 71.5 Å². The third-order valence-electron chi connectivity index (χ3n) is 3.50. The van der Waals surface area contributed by atoms with Crippen LogP contribution in [0.3, 0.4) is 0 Å². The van der Waals surface area contributed by atoms with Crippen LogP contribution >= 0.6 is 0 Å². The molecule has 7 nitrogen and oxygen atoms in total. The molecule has 0 spiro atoms. The monoisotopic (exact) mass is 374 g/mol. The van der Waals surface area contributed by atoms with Crippen molar-refractivity contribution in [2.24, 2.45) is 5.73 Å². The Bertz CT molecular complexity index is 780. The third kappa shape index (κ3) is 7.15. The van der Waals surface area contributed by atoms with E-state index >= 15 is 0 Å². The zero-order valence-corrected chi connectivity index (χ0v) is 14.4. The molecule has 0 aliphatic carbocycles. The molecule has 0 unspecified atom stereocenters. The summed E-state index contributed by atoms with van der Waals surface area (Å²) in [6.45, 7) is -0.591. The van der Waals surface area contributed by atoms with Gasteiger partial charge in [-0.15, -0.1) is 0 Å². The van der Waals surface area contributed by atoms with E-state index in [4.69, 9.17) is 15.2 Å². The minimum Gasteiger partial charge on any atom is -0.454 e. The number of hydrogen-bond donors (Lipinski definition) is 2. The van der Waals surface area contributed by atoms with Gasteiger partial charge in [-0.2, -0.15) is 0 Å². The van der Waals surface area contributed by atoms with E-state index in [9.17, 15) is 18.8 Å². The molecule has 142 valence electrons. The van der Waals surface area contributed by atoms with E-state index in [1.807, 2.05) is 6.07 Å². The number of amides is 2. The minimum atomic E-state index is -1.13. The Morgan fingerprint density at radius 3 is 2.26 bits per heavy atom. The van der Waals surface area contributed by atoms with Crippen LogP contribution in [0.5, 0.6) is 0 Å². The molecule has 0 saturated carbocycles. The van der Waals surface area contributed by atoms with Crippen molar-refractivity contribution in [3.63, 3.8) is 0 Å². The molecule has 3 N–H and O–H groups in total. The van der Waals surface area contributed by atoms with Gasteiger partial charge >= 0.3 is 12.1 Å². The summed E-state index contributed by atoms with van der Waals surface area (Å²) in [6, 6.07) is 13.3. The van der Waals surface area contributed by atoms with Crippen LogP contribution in [-0.2, 0) is 32.1 Å². The first kappa shape index (κ1) is 19.9. The van der Waals surface area contributed by atoms with Gasteiger partial charge in [0.25, 0.3) is 5.91 Å². The fourth-order valence-corrected chi connectivity index (χ4v) is 2.20. The Labute approximate surface area is 155 Å². The lowest BCUT2D eigenvalue weighted by Crippen LogP contribution is -2.44. The number of benzene rings is 2. The van der Waals surface area contributed by atoms with Gasteiger partial charge in [0.2, 0.25) is 0 Å². The van der Waals surface area contributed by atoms with Crippen molar-refractivity contribution in [1.29, 1.82) is 0 Å². The predicted octanol–water partition coefficient (Wildman–Crippen LogP) is 1.69. The zero-order chi connectivity index (χ0) is 19.6. The van der Waals surface area contributed by atoms with Gasteiger partial charge < -0.3 is 20.5 Å². The molecule has 0 aliphatic rings. The number of primary amides is 1. The SMILES string of the molecule is NC(=O)COC(=O)[C@H](Cc1ccc(F)cc1)NC(=O)OCc1ccccc1. The van der Waals surface area contributed by atoms with Crippen LogP contribution in [-0.4, -0.2) is 30.6 Å². The third-order valence-corrected chi connectivity index (χ3v) is 3.50. The summed E-state index contributed by atoms with van der Waals surface area (Å²) in [5, 5.41) is 2.39. The standard InChI is InChI=1S/C19H19FN2O5/c20-15-8-6-13(7-9-15)10-16(18(24)26-12-17(21)23)22-19(25)27-11-14-4-2-1-3-5-14/h1-9,16H,10-12H2,(H2,21,23)(H,22,25)/t16-/m0/s1. The summed E-state index contributed by atoms with van der Waals surface area (Å²) < 4.78 is 22.9. The van der Waals surface area contributed by atoms with E-state index in [1.54, 1.807) is 24.3 Å². The number of ether oxygens (including phenoxy) is 2. The van der Waals surface area contributed by atoms with Gasteiger partial charge in [-0.25, -0.2) is 14.0 Å². The van der Waals surface area contributed by atoms with Gasteiger partial charge in [0.05, 0.1) is 0 Å². The molecule has 2 aromatic rings. The lowest BCUT2D eigenvalue weighted by Gasteiger charge is -2.17. The summed E-state index contributed by atoms with van der Waals surface area (Å²) in [7, 11) is 0. The topological polar surface area (TPSA) is 108 Å². The summed E-state index contributed by atoms with van der Waals surface area (Å²) >= 11 is 0. The largest absolute Gasteiger partial charge is 0.454 e. The van der Waals surface area contributed by atoms with Crippen LogP contribution in [0.25, 0.3) is 0 Å². The molecule has 2 amide bonds. The highest BCUT2D eigenvalue weighted by Crippen LogP contribution is 2.08. The maximum atomic E-state index is 13.0.